The molecule has 3 aromatic rings. The second-order valence-electron chi connectivity index (χ2n) is 8.03. The fourth-order valence-electron chi connectivity index (χ4n) is 3.85. The first-order valence-corrected chi connectivity index (χ1v) is 11.0. The van der Waals surface area contributed by atoms with Gasteiger partial charge in [-0.1, -0.05) is 48.5 Å². The summed E-state index contributed by atoms with van der Waals surface area (Å²) in [4.78, 5) is 52.0. The van der Waals surface area contributed by atoms with Crippen molar-refractivity contribution in [1.29, 1.82) is 0 Å². The number of ether oxygens (including phenoxy) is 2. The van der Waals surface area contributed by atoms with Crippen LogP contribution in [0.4, 0.5) is 5.69 Å². The van der Waals surface area contributed by atoms with Gasteiger partial charge in [0, 0.05) is 12.1 Å². The maximum atomic E-state index is 13.2. The Morgan fingerprint density at radius 2 is 1.54 bits per heavy atom. The zero-order valence-corrected chi connectivity index (χ0v) is 19.3. The van der Waals surface area contributed by atoms with Gasteiger partial charge in [-0.05, 0) is 36.8 Å². The minimum atomic E-state index is -1.24. The lowest BCUT2D eigenvalue weighted by atomic mass is 10.1. The van der Waals surface area contributed by atoms with Crippen LogP contribution in [0.25, 0.3) is 0 Å². The Hall–Kier alpha value is -4.46. The van der Waals surface area contributed by atoms with Crippen LogP contribution in [0.2, 0.25) is 0 Å². The molecule has 1 atom stereocenters. The van der Waals surface area contributed by atoms with Crippen LogP contribution in [0, 0.1) is 6.92 Å². The Labute approximate surface area is 202 Å². The molecule has 0 aromatic heterocycles. The molecule has 0 bridgehead atoms. The van der Waals surface area contributed by atoms with Crippen LogP contribution in [0.3, 0.4) is 0 Å². The molecule has 0 radical (unpaired) electrons. The average Bonchev–Trinajstić information content (AvgIpc) is 3.11. The lowest BCUT2D eigenvalue weighted by Gasteiger charge is -2.20. The molecule has 1 N–H and O–H groups in total. The zero-order chi connectivity index (χ0) is 24.9. The SMILES string of the molecule is COc1ccc(C)cc1NC(=O)C(OC(=O)CCN1C(=O)c2ccccc2C1=O)c1ccccc1. The number of hydrogen-bond acceptors (Lipinski definition) is 6. The van der Waals surface area contributed by atoms with Crippen LogP contribution in [0.5, 0.6) is 5.75 Å². The van der Waals surface area contributed by atoms with Gasteiger partial charge in [0.05, 0.1) is 30.3 Å². The summed E-state index contributed by atoms with van der Waals surface area (Å²) in [6.45, 7) is 1.73. The van der Waals surface area contributed by atoms with Gasteiger partial charge in [-0.15, -0.1) is 0 Å². The number of nitrogens with zero attached hydrogens (tertiary/aromatic N) is 1. The highest BCUT2D eigenvalue weighted by atomic mass is 16.5. The number of fused-ring (bicyclic) bond motifs is 1. The third-order valence-corrected chi connectivity index (χ3v) is 5.62. The molecule has 0 spiro atoms. The van der Waals surface area contributed by atoms with E-state index in [-0.39, 0.29) is 13.0 Å². The number of amides is 3. The van der Waals surface area contributed by atoms with Gasteiger partial charge in [-0.25, -0.2) is 0 Å². The van der Waals surface area contributed by atoms with E-state index in [9.17, 15) is 19.2 Å². The molecule has 1 heterocycles. The van der Waals surface area contributed by atoms with Gasteiger partial charge >= 0.3 is 5.97 Å². The highest BCUT2D eigenvalue weighted by Crippen LogP contribution is 2.28. The number of aryl methyl sites for hydroxylation is 1. The van der Waals surface area contributed by atoms with E-state index in [1.165, 1.54) is 7.11 Å². The number of nitrogens with one attached hydrogen (secondary N) is 1. The molecule has 3 aromatic carbocycles. The topological polar surface area (TPSA) is 102 Å². The molecule has 0 saturated heterocycles. The van der Waals surface area contributed by atoms with Crippen LogP contribution >= 0.6 is 0 Å². The molecular weight excluding hydrogens is 448 g/mol. The first-order chi connectivity index (χ1) is 16.9. The largest absolute Gasteiger partial charge is 0.495 e. The summed E-state index contributed by atoms with van der Waals surface area (Å²) in [5.74, 6) is -1.73. The number of carbonyl (C=O) groups is 4. The van der Waals surface area contributed by atoms with Gasteiger partial charge in [-0.2, -0.15) is 0 Å². The van der Waals surface area contributed by atoms with E-state index in [0.29, 0.717) is 28.1 Å². The van der Waals surface area contributed by atoms with Gasteiger partial charge < -0.3 is 14.8 Å². The number of methoxy groups -OCH3 is 1. The number of carbonyl (C=O) groups excluding carboxylic acids is 4. The van der Waals surface area contributed by atoms with Crippen molar-refractivity contribution in [3.63, 3.8) is 0 Å². The van der Waals surface area contributed by atoms with Gasteiger partial charge in [-0.3, -0.25) is 24.1 Å². The van der Waals surface area contributed by atoms with Crippen molar-refractivity contribution >= 4 is 29.4 Å². The van der Waals surface area contributed by atoms with Crippen molar-refractivity contribution in [1.82, 2.24) is 4.90 Å². The van der Waals surface area contributed by atoms with Crippen molar-refractivity contribution in [3.05, 3.63) is 95.1 Å². The second-order valence-corrected chi connectivity index (χ2v) is 8.03. The van der Waals surface area contributed by atoms with Crippen molar-refractivity contribution in [2.75, 3.05) is 19.0 Å². The van der Waals surface area contributed by atoms with Crippen molar-refractivity contribution in [3.8, 4) is 5.75 Å². The Morgan fingerprint density at radius 3 is 2.17 bits per heavy atom. The average molecular weight is 472 g/mol. The Morgan fingerprint density at radius 1 is 0.914 bits per heavy atom. The van der Waals surface area contributed by atoms with E-state index >= 15 is 0 Å². The quantitative estimate of drug-likeness (QED) is 0.394. The molecule has 4 rings (SSSR count). The summed E-state index contributed by atoms with van der Waals surface area (Å²) in [5.41, 5.74) is 2.44. The summed E-state index contributed by atoms with van der Waals surface area (Å²) in [6.07, 6.45) is -1.49. The Kier molecular flexibility index (Phi) is 6.91. The van der Waals surface area contributed by atoms with Crippen molar-refractivity contribution in [2.45, 2.75) is 19.4 Å². The van der Waals surface area contributed by atoms with E-state index in [1.54, 1.807) is 66.7 Å². The molecular formula is C27H24N2O6. The molecule has 1 unspecified atom stereocenters. The summed E-state index contributed by atoms with van der Waals surface area (Å²) >= 11 is 0. The summed E-state index contributed by atoms with van der Waals surface area (Å²) in [7, 11) is 1.49. The Bertz CT molecular complexity index is 1250. The van der Waals surface area contributed by atoms with Gasteiger partial charge in [0.1, 0.15) is 5.75 Å². The van der Waals surface area contributed by atoms with Crippen molar-refractivity contribution in [2.24, 2.45) is 0 Å². The van der Waals surface area contributed by atoms with E-state index in [4.69, 9.17) is 9.47 Å². The molecule has 0 fully saturated rings. The molecule has 35 heavy (non-hydrogen) atoms. The van der Waals surface area contributed by atoms with Gasteiger partial charge in [0.15, 0.2) is 0 Å². The number of imide groups is 1. The van der Waals surface area contributed by atoms with Crippen LogP contribution in [-0.4, -0.2) is 42.2 Å². The first-order valence-electron chi connectivity index (χ1n) is 11.0. The third kappa shape index (κ3) is 5.06. The molecule has 8 nitrogen and oxygen atoms in total. The van der Waals surface area contributed by atoms with Crippen LogP contribution in [0.1, 0.15) is 44.4 Å². The standard InChI is InChI=1S/C27H24N2O6/c1-17-12-13-22(34-2)21(16-17)28-25(31)24(18-8-4-3-5-9-18)35-23(30)14-15-29-26(32)19-10-6-7-11-20(19)27(29)33/h3-13,16,24H,14-15H2,1-2H3,(H,28,31). The number of anilines is 1. The van der Waals surface area contributed by atoms with Gasteiger partial charge in [0.2, 0.25) is 6.10 Å². The monoisotopic (exact) mass is 472 g/mol. The molecule has 1 aliphatic rings. The first kappa shape index (κ1) is 23.7. The number of esters is 1. The molecule has 3 amide bonds. The zero-order valence-electron chi connectivity index (χ0n) is 19.3. The van der Waals surface area contributed by atoms with Crippen LogP contribution < -0.4 is 10.1 Å². The lowest BCUT2D eigenvalue weighted by molar-refractivity contribution is -0.154. The highest BCUT2D eigenvalue weighted by Gasteiger charge is 2.35. The molecule has 178 valence electrons. The fourth-order valence-corrected chi connectivity index (χ4v) is 3.85. The van der Waals surface area contributed by atoms with Crippen LogP contribution in [0.15, 0.2) is 72.8 Å². The maximum Gasteiger partial charge on any atom is 0.308 e. The van der Waals surface area contributed by atoms with E-state index in [1.807, 2.05) is 13.0 Å². The predicted molar refractivity (Wildman–Crippen MR) is 128 cm³/mol. The maximum absolute atomic E-state index is 13.2. The summed E-state index contributed by atoms with van der Waals surface area (Å²) < 4.78 is 10.9. The number of hydrogen-bond donors (Lipinski definition) is 1. The highest BCUT2D eigenvalue weighted by molar-refractivity contribution is 6.21. The smallest absolute Gasteiger partial charge is 0.308 e. The minimum Gasteiger partial charge on any atom is -0.495 e. The minimum absolute atomic E-state index is 0.153. The van der Waals surface area contributed by atoms with Crippen molar-refractivity contribution < 1.29 is 28.7 Å². The number of rotatable bonds is 8. The Balaban J connectivity index is 1.47. The normalized spacial score (nSPS) is 13.3. The van der Waals surface area contributed by atoms with Gasteiger partial charge in [0.25, 0.3) is 17.7 Å². The second kappa shape index (κ2) is 10.2. The molecule has 1 aliphatic heterocycles. The van der Waals surface area contributed by atoms with E-state index in [0.717, 1.165) is 10.5 Å². The molecule has 0 aliphatic carbocycles. The third-order valence-electron chi connectivity index (χ3n) is 5.62. The van der Waals surface area contributed by atoms with Crippen LogP contribution in [-0.2, 0) is 14.3 Å². The summed E-state index contributed by atoms with van der Waals surface area (Å²) in [6, 6.07) is 20.4. The fraction of sp³-hybridized carbons (Fsp3) is 0.185. The molecule has 0 saturated carbocycles. The van der Waals surface area contributed by atoms with E-state index in [2.05, 4.69) is 5.32 Å². The predicted octanol–water partition coefficient (Wildman–Crippen LogP) is 3.91. The summed E-state index contributed by atoms with van der Waals surface area (Å²) in [5, 5.41) is 2.77. The number of benzene rings is 3. The van der Waals surface area contributed by atoms with E-state index < -0.39 is 29.8 Å². The lowest BCUT2D eigenvalue weighted by Crippen LogP contribution is -2.33. The molecule has 8 heteroatoms.